The Morgan fingerprint density at radius 1 is 1.58 bits per heavy atom. The molecule has 0 aliphatic carbocycles. The van der Waals surface area contributed by atoms with E-state index in [1.165, 1.54) is 25.4 Å². The number of pyridine rings is 1. The van der Waals surface area contributed by atoms with Gasteiger partial charge in [0.15, 0.2) is 0 Å². The van der Waals surface area contributed by atoms with Crippen LogP contribution in [0.1, 0.15) is 17.7 Å². The van der Waals surface area contributed by atoms with Gasteiger partial charge in [-0.3, -0.25) is 4.98 Å². The number of aromatic nitrogens is 1. The highest BCUT2D eigenvalue weighted by molar-refractivity contribution is 7.86. The second kappa shape index (κ2) is 3.18. The third-order valence-electron chi connectivity index (χ3n) is 1.58. The number of hydrogen-bond donors (Lipinski definition) is 0. The van der Waals surface area contributed by atoms with Gasteiger partial charge < -0.3 is 0 Å². The molecule has 5 heteroatoms. The van der Waals surface area contributed by atoms with Gasteiger partial charge in [-0.15, -0.1) is 3.89 Å². The van der Waals surface area contributed by atoms with Crippen molar-refractivity contribution in [1.82, 2.24) is 4.98 Å². The van der Waals surface area contributed by atoms with Crippen molar-refractivity contribution in [2.45, 2.75) is 12.2 Å². The van der Waals surface area contributed by atoms with E-state index in [4.69, 9.17) is 0 Å². The topological polar surface area (TPSA) is 47.0 Å². The maximum Gasteiger partial charge on any atom is 0.309 e. The molecule has 1 rings (SSSR count). The normalized spacial score (nSPS) is 14.2. The van der Waals surface area contributed by atoms with Crippen molar-refractivity contribution < 1.29 is 12.3 Å². The molecule has 0 amide bonds. The number of nitrogens with zero attached hydrogens (tertiary/aromatic N) is 1. The second-order valence-corrected chi connectivity index (χ2v) is 4.06. The van der Waals surface area contributed by atoms with Gasteiger partial charge in [0.1, 0.15) is 5.25 Å². The summed E-state index contributed by atoms with van der Waals surface area (Å²) in [7, 11) is -4.50. The van der Waals surface area contributed by atoms with Gasteiger partial charge in [-0.2, -0.15) is 8.42 Å². The van der Waals surface area contributed by atoms with Crippen LogP contribution in [0.2, 0.25) is 0 Å². The predicted octanol–water partition coefficient (Wildman–Crippen LogP) is 1.44. The van der Waals surface area contributed by atoms with E-state index in [1.807, 2.05) is 0 Å². The van der Waals surface area contributed by atoms with Crippen molar-refractivity contribution in [3.8, 4) is 0 Å². The Morgan fingerprint density at radius 2 is 2.25 bits per heavy atom. The van der Waals surface area contributed by atoms with Gasteiger partial charge in [0.2, 0.25) is 0 Å². The first-order valence-electron chi connectivity index (χ1n) is 3.35. The number of hydrogen-bond acceptors (Lipinski definition) is 3. The lowest BCUT2D eigenvalue weighted by atomic mass is 10.2. The molecule has 0 radical (unpaired) electrons. The predicted molar refractivity (Wildman–Crippen MR) is 42.7 cm³/mol. The molecule has 0 spiro atoms. The van der Waals surface area contributed by atoms with Gasteiger partial charge >= 0.3 is 10.2 Å². The maximum atomic E-state index is 12.4. The summed E-state index contributed by atoms with van der Waals surface area (Å²) in [5.74, 6) is 0. The van der Waals surface area contributed by atoms with Gasteiger partial charge in [-0.25, -0.2) is 0 Å². The Balaban J connectivity index is 3.02. The van der Waals surface area contributed by atoms with E-state index in [2.05, 4.69) is 4.98 Å². The van der Waals surface area contributed by atoms with Crippen LogP contribution in [-0.4, -0.2) is 13.4 Å². The highest BCUT2D eigenvalue weighted by atomic mass is 32.3. The number of rotatable bonds is 2. The van der Waals surface area contributed by atoms with Crippen LogP contribution in [0.4, 0.5) is 3.89 Å². The Kier molecular flexibility index (Phi) is 2.42. The Labute approximate surface area is 70.5 Å². The van der Waals surface area contributed by atoms with Crippen LogP contribution in [0.5, 0.6) is 0 Å². The standard InChI is InChI=1S/C7H8FNO2S/c1-6(12(8,10)11)7-3-2-4-9-5-7/h2-6H,1H3. The average molecular weight is 189 g/mol. The molecule has 0 fully saturated rings. The van der Waals surface area contributed by atoms with E-state index >= 15 is 0 Å². The Bertz CT molecular complexity index is 349. The van der Waals surface area contributed by atoms with Crippen LogP contribution in [0.3, 0.4) is 0 Å². The lowest BCUT2D eigenvalue weighted by Gasteiger charge is -2.04. The lowest BCUT2D eigenvalue weighted by molar-refractivity contribution is 0.540. The third-order valence-corrected chi connectivity index (χ3v) is 2.69. The van der Waals surface area contributed by atoms with Crippen molar-refractivity contribution in [2.24, 2.45) is 0 Å². The minimum Gasteiger partial charge on any atom is -0.264 e. The fourth-order valence-electron chi connectivity index (χ4n) is 0.779. The molecule has 1 heterocycles. The molecular weight excluding hydrogens is 181 g/mol. The fourth-order valence-corrected chi connectivity index (χ4v) is 1.24. The molecular formula is C7H8FNO2S. The smallest absolute Gasteiger partial charge is 0.264 e. The monoisotopic (exact) mass is 189 g/mol. The molecule has 66 valence electrons. The summed E-state index contributed by atoms with van der Waals surface area (Å²) < 4.78 is 33.3. The summed E-state index contributed by atoms with van der Waals surface area (Å²) in [6, 6.07) is 3.09. The van der Waals surface area contributed by atoms with E-state index < -0.39 is 15.5 Å². The second-order valence-electron chi connectivity index (χ2n) is 2.40. The van der Waals surface area contributed by atoms with Crippen LogP contribution < -0.4 is 0 Å². The third kappa shape index (κ3) is 2.01. The minimum atomic E-state index is -4.50. The highest BCUT2D eigenvalue weighted by Gasteiger charge is 2.20. The van der Waals surface area contributed by atoms with Crippen LogP contribution in [0.15, 0.2) is 24.5 Å². The zero-order valence-corrected chi connectivity index (χ0v) is 7.25. The van der Waals surface area contributed by atoms with E-state index in [-0.39, 0.29) is 0 Å². The molecule has 0 N–H and O–H groups in total. The first kappa shape index (κ1) is 9.12. The van der Waals surface area contributed by atoms with Gasteiger partial charge in [-0.05, 0) is 18.6 Å². The zero-order valence-electron chi connectivity index (χ0n) is 6.44. The molecule has 0 aliphatic heterocycles. The first-order chi connectivity index (χ1) is 5.52. The SMILES string of the molecule is CC(c1cccnc1)S(=O)(=O)F. The van der Waals surface area contributed by atoms with E-state index in [0.29, 0.717) is 5.56 Å². The summed E-state index contributed by atoms with van der Waals surface area (Å²) >= 11 is 0. The van der Waals surface area contributed by atoms with Gasteiger partial charge in [0.05, 0.1) is 0 Å². The van der Waals surface area contributed by atoms with Gasteiger partial charge in [0.25, 0.3) is 0 Å². The first-order valence-corrected chi connectivity index (χ1v) is 4.80. The molecule has 1 atom stereocenters. The van der Waals surface area contributed by atoms with E-state index in [9.17, 15) is 12.3 Å². The molecule has 0 aromatic carbocycles. The van der Waals surface area contributed by atoms with Crippen molar-refractivity contribution in [3.63, 3.8) is 0 Å². The van der Waals surface area contributed by atoms with E-state index in [0.717, 1.165) is 0 Å². The molecule has 1 aromatic rings. The quantitative estimate of drug-likeness (QED) is 0.661. The van der Waals surface area contributed by atoms with Crippen molar-refractivity contribution in [3.05, 3.63) is 30.1 Å². The summed E-state index contributed by atoms with van der Waals surface area (Å²) in [5.41, 5.74) is 0.361. The van der Waals surface area contributed by atoms with E-state index in [1.54, 1.807) is 6.07 Å². The highest BCUT2D eigenvalue weighted by Crippen LogP contribution is 2.21. The number of halogens is 1. The van der Waals surface area contributed by atoms with Crippen LogP contribution in [-0.2, 0) is 10.2 Å². The Morgan fingerprint density at radius 3 is 2.67 bits per heavy atom. The van der Waals surface area contributed by atoms with Crippen molar-refractivity contribution in [2.75, 3.05) is 0 Å². The summed E-state index contributed by atoms with van der Waals surface area (Å²) in [6.45, 7) is 1.28. The Hall–Kier alpha value is -0.970. The summed E-state index contributed by atoms with van der Waals surface area (Å²) in [6.07, 6.45) is 2.84. The minimum absolute atomic E-state index is 0.361. The fraction of sp³-hybridized carbons (Fsp3) is 0.286. The maximum absolute atomic E-state index is 12.4. The molecule has 1 aromatic heterocycles. The van der Waals surface area contributed by atoms with Crippen molar-refractivity contribution >= 4 is 10.2 Å². The average Bonchev–Trinajstić information content (AvgIpc) is 2.03. The van der Waals surface area contributed by atoms with Gasteiger partial charge in [-0.1, -0.05) is 6.07 Å². The molecule has 12 heavy (non-hydrogen) atoms. The molecule has 1 unspecified atom stereocenters. The van der Waals surface area contributed by atoms with Crippen LogP contribution >= 0.6 is 0 Å². The summed E-state index contributed by atoms with van der Waals surface area (Å²) in [5, 5.41) is -1.13. The molecule has 0 bridgehead atoms. The molecule has 3 nitrogen and oxygen atoms in total. The lowest BCUT2D eigenvalue weighted by Crippen LogP contribution is -2.03. The van der Waals surface area contributed by atoms with Gasteiger partial charge in [0, 0.05) is 12.4 Å². The van der Waals surface area contributed by atoms with Crippen molar-refractivity contribution in [1.29, 1.82) is 0 Å². The molecule has 0 aliphatic rings. The van der Waals surface area contributed by atoms with Crippen LogP contribution in [0.25, 0.3) is 0 Å². The molecule has 0 saturated heterocycles. The summed E-state index contributed by atoms with van der Waals surface area (Å²) in [4.78, 5) is 3.69. The molecule has 0 saturated carbocycles. The largest absolute Gasteiger partial charge is 0.309 e. The van der Waals surface area contributed by atoms with Crippen LogP contribution in [0, 0.1) is 0 Å². The zero-order chi connectivity index (χ0) is 9.19.